The summed E-state index contributed by atoms with van der Waals surface area (Å²) in [6, 6.07) is 14.7. The van der Waals surface area contributed by atoms with Crippen molar-refractivity contribution in [2.45, 2.75) is 19.0 Å². The van der Waals surface area contributed by atoms with Crippen LogP contribution in [0.25, 0.3) is 0 Å². The number of nitrogens with zero attached hydrogens (tertiary/aromatic N) is 2. The van der Waals surface area contributed by atoms with Gasteiger partial charge in [0, 0.05) is 7.05 Å². The van der Waals surface area contributed by atoms with Crippen LogP contribution >= 0.6 is 0 Å². The normalized spacial score (nSPS) is 20.6. The van der Waals surface area contributed by atoms with Crippen molar-refractivity contribution >= 4 is 11.9 Å². The molecule has 2 aliphatic rings. The van der Waals surface area contributed by atoms with Gasteiger partial charge in [0.2, 0.25) is 0 Å². The highest BCUT2D eigenvalue weighted by Gasteiger charge is 2.44. The zero-order valence-electron chi connectivity index (χ0n) is 15.1. The molecule has 0 bridgehead atoms. The van der Waals surface area contributed by atoms with Crippen molar-refractivity contribution in [3.63, 3.8) is 0 Å². The quantitative estimate of drug-likeness (QED) is 0.907. The molecule has 2 aromatic carbocycles. The van der Waals surface area contributed by atoms with Gasteiger partial charge in [0.25, 0.3) is 5.91 Å². The molecule has 0 fully saturated rings. The van der Waals surface area contributed by atoms with Gasteiger partial charge in [-0.2, -0.15) is 0 Å². The summed E-state index contributed by atoms with van der Waals surface area (Å²) in [6.45, 7) is 2.32. The molecule has 0 radical (unpaired) electrons. The average molecular weight is 365 g/mol. The summed E-state index contributed by atoms with van der Waals surface area (Å²) >= 11 is 0. The van der Waals surface area contributed by atoms with Crippen molar-refractivity contribution in [2.75, 3.05) is 13.6 Å². The highest BCUT2D eigenvalue weighted by molar-refractivity contribution is 6.01. The van der Waals surface area contributed by atoms with Crippen LogP contribution in [0.5, 0.6) is 0 Å². The molecule has 1 N–H and O–H groups in total. The highest BCUT2D eigenvalue weighted by atomic mass is 19.1. The molecule has 5 nitrogen and oxygen atoms in total. The van der Waals surface area contributed by atoms with Crippen molar-refractivity contribution in [2.24, 2.45) is 0 Å². The Labute approximate surface area is 157 Å². The van der Waals surface area contributed by atoms with Gasteiger partial charge in [0.05, 0.1) is 29.9 Å². The van der Waals surface area contributed by atoms with Crippen LogP contribution in [0.4, 0.5) is 9.18 Å². The van der Waals surface area contributed by atoms with E-state index in [4.69, 9.17) is 0 Å². The molecule has 6 heteroatoms. The standard InChI is InChI=1S/C21H20FN3O2/c1-13(14-7-4-3-5-8-14)25-12-17-18(20(25)26)19(23-21(27)24(17)2)15-9-6-10-16(22)11-15/h3-11,13,19H,12H2,1-2H3,(H,23,27). The van der Waals surface area contributed by atoms with E-state index in [2.05, 4.69) is 5.32 Å². The Balaban J connectivity index is 1.72. The molecule has 2 aliphatic heterocycles. The highest BCUT2D eigenvalue weighted by Crippen LogP contribution is 2.38. The van der Waals surface area contributed by atoms with E-state index < -0.39 is 11.9 Å². The molecule has 3 amide bonds. The van der Waals surface area contributed by atoms with Crippen LogP contribution in [0.1, 0.15) is 30.1 Å². The molecule has 138 valence electrons. The summed E-state index contributed by atoms with van der Waals surface area (Å²) in [4.78, 5) is 28.9. The number of halogens is 1. The van der Waals surface area contributed by atoms with Crippen LogP contribution in [0.2, 0.25) is 0 Å². The molecular formula is C21H20FN3O2. The number of carbonyl (C=O) groups is 2. The first-order valence-electron chi connectivity index (χ1n) is 8.86. The number of hydrogen-bond donors (Lipinski definition) is 1. The third kappa shape index (κ3) is 2.87. The molecule has 0 aliphatic carbocycles. The molecule has 0 spiro atoms. The first kappa shape index (κ1) is 17.3. The molecule has 2 atom stereocenters. The molecule has 2 unspecified atom stereocenters. The third-order valence-corrected chi connectivity index (χ3v) is 5.32. The number of carbonyl (C=O) groups excluding carboxylic acids is 2. The second-order valence-electron chi connectivity index (χ2n) is 6.88. The fourth-order valence-corrected chi connectivity index (χ4v) is 3.75. The van der Waals surface area contributed by atoms with E-state index in [-0.39, 0.29) is 18.0 Å². The Morgan fingerprint density at radius 3 is 2.56 bits per heavy atom. The first-order chi connectivity index (χ1) is 13.0. The van der Waals surface area contributed by atoms with Crippen molar-refractivity contribution in [1.82, 2.24) is 15.1 Å². The Hall–Kier alpha value is -3.15. The van der Waals surface area contributed by atoms with E-state index in [1.54, 1.807) is 24.1 Å². The maximum atomic E-state index is 13.7. The predicted molar refractivity (Wildman–Crippen MR) is 99.0 cm³/mol. The van der Waals surface area contributed by atoms with Crippen LogP contribution in [-0.2, 0) is 4.79 Å². The van der Waals surface area contributed by atoms with Gasteiger partial charge in [0.1, 0.15) is 5.82 Å². The molecule has 2 heterocycles. The average Bonchev–Trinajstić information content (AvgIpc) is 3.02. The molecule has 0 saturated heterocycles. The minimum absolute atomic E-state index is 0.137. The van der Waals surface area contributed by atoms with Crippen molar-refractivity contribution in [1.29, 1.82) is 0 Å². The van der Waals surface area contributed by atoms with E-state index in [0.717, 1.165) is 5.56 Å². The van der Waals surface area contributed by atoms with Gasteiger partial charge in [0.15, 0.2) is 0 Å². The maximum Gasteiger partial charge on any atom is 0.322 e. The number of hydrogen-bond acceptors (Lipinski definition) is 2. The van der Waals surface area contributed by atoms with Gasteiger partial charge in [-0.15, -0.1) is 0 Å². The Kier molecular flexibility index (Phi) is 4.18. The zero-order chi connectivity index (χ0) is 19.1. The number of nitrogens with one attached hydrogen (secondary N) is 1. The number of benzene rings is 2. The van der Waals surface area contributed by atoms with E-state index in [0.29, 0.717) is 23.4 Å². The second kappa shape index (κ2) is 6.54. The molecular weight excluding hydrogens is 345 g/mol. The summed E-state index contributed by atoms with van der Waals surface area (Å²) in [5, 5.41) is 2.83. The van der Waals surface area contributed by atoms with Gasteiger partial charge in [-0.1, -0.05) is 42.5 Å². The van der Waals surface area contributed by atoms with Crippen LogP contribution < -0.4 is 5.32 Å². The first-order valence-corrected chi connectivity index (χ1v) is 8.86. The van der Waals surface area contributed by atoms with E-state index in [1.807, 2.05) is 37.3 Å². The van der Waals surface area contributed by atoms with E-state index in [1.165, 1.54) is 17.0 Å². The lowest BCUT2D eigenvalue weighted by Crippen LogP contribution is -2.45. The lowest BCUT2D eigenvalue weighted by Gasteiger charge is -2.31. The fourth-order valence-electron chi connectivity index (χ4n) is 3.75. The van der Waals surface area contributed by atoms with Gasteiger partial charge >= 0.3 is 6.03 Å². The van der Waals surface area contributed by atoms with E-state index >= 15 is 0 Å². The number of amides is 3. The second-order valence-corrected chi connectivity index (χ2v) is 6.88. The minimum Gasteiger partial charge on any atom is -0.327 e. The van der Waals surface area contributed by atoms with Gasteiger partial charge < -0.3 is 10.2 Å². The summed E-state index contributed by atoms with van der Waals surface area (Å²) < 4.78 is 13.7. The smallest absolute Gasteiger partial charge is 0.322 e. The zero-order valence-corrected chi connectivity index (χ0v) is 15.1. The molecule has 0 saturated carbocycles. The minimum atomic E-state index is -0.653. The SMILES string of the molecule is CC(c1ccccc1)N1CC2=C(C1=O)C(c1cccc(F)c1)NC(=O)N2C. The van der Waals surface area contributed by atoms with Gasteiger partial charge in [-0.3, -0.25) is 9.69 Å². The molecule has 4 rings (SSSR count). The summed E-state index contributed by atoms with van der Waals surface area (Å²) in [6.07, 6.45) is 0. The maximum absolute atomic E-state index is 13.7. The Bertz CT molecular complexity index is 941. The van der Waals surface area contributed by atoms with Crippen LogP contribution in [-0.4, -0.2) is 35.3 Å². The van der Waals surface area contributed by atoms with Crippen molar-refractivity contribution in [3.05, 3.63) is 82.8 Å². The van der Waals surface area contributed by atoms with Gasteiger partial charge in [-0.05, 0) is 30.2 Å². The van der Waals surface area contributed by atoms with E-state index in [9.17, 15) is 14.0 Å². The van der Waals surface area contributed by atoms with Crippen LogP contribution in [0.3, 0.4) is 0 Å². The molecule has 2 aromatic rings. The van der Waals surface area contributed by atoms with Crippen LogP contribution in [0, 0.1) is 5.82 Å². The summed E-state index contributed by atoms with van der Waals surface area (Å²) in [5.74, 6) is -0.537. The van der Waals surface area contributed by atoms with Gasteiger partial charge in [-0.25, -0.2) is 9.18 Å². The fraction of sp³-hybridized carbons (Fsp3) is 0.238. The molecule has 0 aromatic heterocycles. The Morgan fingerprint density at radius 2 is 1.85 bits per heavy atom. The van der Waals surface area contributed by atoms with Crippen molar-refractivity contribution in [3.8, 4) is 0 Å². The Morgan fingerprint density at radius 1 is 1.11 bits per heavy atom. The van der Waals surface area contributed by atoms with Crippen molar-refractivity contribution < 1.29 is 14.0 Å². The largest absolute Gasteiger partial charge is 0.327 e. The number of rotatable bonds is 3. The summed E-state index contributed by atoms with van der Waals surface area (Å²) in [7, 11) is 1.65. The lowest BCUT2D eigenvalue weighted by molar-refractivity contribution is -0.127. The predicted octanol–water partition coefficient (Wildman–Crippen LogP) is 3.38. The lowest BCUT2D eigenvalue weighted by atomic mass is 9.95. The monoisotopic (exact) mass is 365 g/mol. The third-order valence-electron chi connectivity index (χ3n) is 5.32. The molecule has 27 heavy (non-hydrogen) atoms. The number of urea groups is 1. The topological polar surface area (TPSA) is 52.7 Å². The van der Waals surface area contributed by atoms with Crippen LogP contribution in [0.15, 0.2) is 65.9 Å². The summed E-state index contributed by atoms with van der Waals surface area (Å²) in [5.41, 5.74) is 2.76. The number of likely N-dealkylation sites (N-methyl/N-ethyl adjacent to an activating group) is 1.